The van der Waals surface area contributed by atoms with E-state index in [1.54, 1.807) is 19.2 Å². The van der Waals surface area contributed by atoms with Gasteiger partial charge >= 0.3 is 0 Å². The molecule has 6 nitrogen and oxygen atoms in total. The summed E-state index contributed by atoms with van der Waals surface area (Å²) in [6, 6.07) is 6.33. The standard InChI is InChI=1S/C13H19FN6/c1-13(2,9-4-6-10(14)7-5-9)11(16-15)8-12-17-19-20(3)18-12/h4-7,11,16H,8,15H2,1-3H3. The summed E-state index contributed by atoms with van der Waals surface area (Å²) in [5, 5.41) is 11.9. The summed E-state index contributed by atoms with van der Waals surface area (Å²) < 4.78 is 13.0. The molecule has 0 radical (unpaired) electrons. The molecular weight excluding hydrogens is 259 g/mol. The summed E-state index contributed by atoms with van der Waals surface area (Å²) in [7, 11) is 1.71. The number of hydrazine groups is 1. The Morgan fingerprint density at radius 1 is 1.35 bits per heavy atom. The van der Waals surface area contributed by atoms with E-state index in [9.17, 15) is 4.39 Å². The predicted molar refractivity (Wildman–Crippen MR) is 73.0 cm³/mol. The average Bonchev–Trinajstić information content (AvgIpc) is 2.82. The third kappa shape index (κ3) is 3.00. The highest BCUT2D eigenvalue weighted by Crippen LogP contribution is 2.28. The summed E-state index contributed by atoms with van der Waals surface area (Å²) in [5.74, 6) is 6.04. The van der Waals surface area contributed by atoms with E-state index < -0.39 is 0 Å². The van der Waals surface area contributed by atoms with Crippen LogP contribution in [0.5, 0.6) is 0 Å². The van der Waals surface area contributed by atoms with Gasteiger partial charge in [0.25, 0.3) is 0 Å². The Balaban J connectivity index is 2.22. The summed E-state index contributed by atoms with van der Waals surface area (Å²) in [5.41, 5.74) is 3.49. The van der Waals surface area contributed by atoms with Crippen LogP contribution >= 0.6 is 0 Å². The lowest BCUT2D eigenvalue weighted by Crippen LogP contribution is -2.49. The largest absolute Gasteiger partial charge is 0.271 e. The third-order valence-corrected chi connectivity index (χ3v) is 3.60. The molecule has 0 bridgehead atoms. The molecule has 0 saturated carbocycles. The Bertz CT molecular complexity index is 562. The van der Waals surface area contributed by atoms with Gasteiger partial charge in [0.1, 0.15) is 5.82 Å². The van der Waals surface area contributed by atoms with Gasteiger partial charge in [-0.15, -0.1) is 10.2 Å². The van der Waals surface area contributed by atoms with Crippen LogP contribution in [-0.2, 0) is 18.9 Å². The van der Waals surface area contributed by atoms with Crippen LogP contribution in [0.25, 0.3) is 0 Å². The molecule has 1 atom stereocenters. The lowest BCUT2D eigenvalue weighted by Gasteiger charge is -2.33. The minimum atomic E-state index is -0.304. The maximum absolute atomic E-state index is 13.0. The molecule has 0 fully saturated rings. The van der Waals surface area contributed by atoms with Crippen molar-refractivity contribution in [1.29, 1.82) is 0 Å². The molecule has 2 rings (SSSR count). The average molecular weight is 278 g/mol. The zero-order chi connectivity index (χ0) is 14.8. The maximum atomic E-state index is 13.0. The minimum absolute atomic E-state index is 0.0999. The summed E-state index contributed by atoms with van der Waals surface area (Å²) in [6.45, 7) is 4.09. The van der Waals surface area contributed by atoms with Gasteiger partial charge in [-0.25, -0.2) is 4.39 Å². The molecule has 2 aromatic rings. The van der Waals surface area contributed by atoms with Gasteiger partial charge in [0, 0.05) is 17.9 Å². The molecule has 7 heteroatoms. The fourth-order valence-electron chi connectivity index (χ4n) is 2.19. The van der Waals surface area contributed by atoms with Crippen molar-refractivity contribution in [1.82, 2.24) is 25.6 Å². The van der Waals surface area contributed by atoms with Crippen LogP contribution in [0.2, 0.25) is 0 Å². The highest BCUT2D eigenvalue weighted by molar-refractivity contribution is 5.26. The van der Waals surface area contributed by atoms with Gasteiger partial charge < -0.3 is 0 Å². The van der Waals surface area contributed by atoms with Crippen molar-refractivity contribution in [3.8, 4) is 0 Å². The molecule has 3 N–H and O–H groups in total. The topological polar surface area (TPSA) is 81.7 Å². The first-order chi connectivity index (χ1) is 9.43. The number of nitrogens with one attached hydrogen (secondary N) is 1. The number of nitrogens with zero attached hydrogens (tertiary/aromatic N) is 4. The first kappa shape index (κ1) is 14.5. The Morgan fingerprint density at radius 2 is 2.00 bits per heavy atom. The molecule has 0 amide bonds. The highest BCUT2D eigenvalue weighted by atomic mass is 19.1. The lowest BCUT2D eigenvalue weighted by molar-refractivity contribution is 0.336. The molecule has 108 valence electrons. The van der Waals surface area contributed by atoms with Crippen LogP contribution < -0.4 is 11.3 Å². The van der Waals surface area contributed by atoms with Gasteiger partial charge in [0.2, 0.25) is 0 Å². The number of aromatic nitrogens is 4. The van der Waals surface area contributed by atoms with Crippen LogP contribution in [0.1, 0.15) is 25.2 Å². The van der Waals surface area contributed by atoms with E-state index in [-0.39, 0.29) is 17.3 Å². The van der Waals surface area contributed by atoms with Crippen LogP contribution in [0.4, 0.5) is 4.39 Å². The van der Waals surface area contributed by atoms with E-state index in [1.165, 1.54) is 16.9 Å². The van der Waals surface area contributed by atoms with Crippen LogP contribution in [0.15, 0.2) is 24.3 Å². The van der Waals surface area contributed by atoms with Crippen molar-refractivity contribution in [2.24, 2.45) is 12.9 Å². The second-order valence-electron chi connectivity index (χ2n) is 5.35. The Kier molecular flexibility index (Phi) is 4.10. The first-order valence-corrected chi connectivity index (χ1v) is 6.38. The van der Waals surface area contributed by atoms with E-state index in [1.807, 2.05) is 13.8 Å². The van der Waals surface area contributed by atoms with Crippen molar-refractivity contribution in [2.75, 3.05) is 0 Å². The van der Waals surface area contributed by atoms with Gasteiger partial charge in [0.05, 0.1) is 7.05 Å². The van der Waals surface area contributed by atoms with Crippen LogP contribution in [-0.4, -0.2) is 26.2 Å². The van der Waals surface area contributed by atoms with E-state index >= 15 is 0 Å². The third-order valence-electron chi connectivity index (χ3n) is 3.60. The van der Waals surface area contributed by atoms with Crippen LogP contribution in [0, 0.1) is 5.82 Å². The second kappa shape index (κ2) is 5.64. The normalized spacial score (nSPS) is 13.4. The molecule has 20 heavy (non-hydrogen) atoms. The molecule has 0 saturated heterocycles. The molecule has 1 unspecified atom stereocenters. The van der Waals surface area contributed by atoms with E-state index in [0.717, 1.165) is 5.56 Å². The molecular formula is C13H19FN6. The van der Waals surface area contributed by atoms with E-state index in [0.29, 0.717) is 12.2 Å². The van der Waals surface area contributed by atoms with E-state index in [2.05, 4.69) is 20.8 Å². The molecule has 1 aromatic heterocycles. The Hall–Kier alpha value is -1.86. The minimum Gasteiger partial charge on any atom is -0.271 e. The van der Waals surface area contributed by atoms with Crippen LogP contribution in [0.3, 0.4) is 0 Å². The zero-order valence-corrected chi connectivity index (χ0v) is 11.8. The number of nitrogens with two attached hydrogens (primary N) is 1. The smallest absolute Gasteiger partial charge is 0.176 e. The van der Waals surface area contributed by atoms with E-state index in [4.69, 9.17) is 5.84 Å². The van der Waals surface area contributed by atoms with Crippen molar-refractivity contribution >= 4 is 0 Å². The number of aryl methyl sites for hydroxylation is 1. The number of rotatable bonds is 5. The molecule has 0 aliphatic carbocycles. The fourth-order valence-corrected chi connectivity index (χ4v) is 2.19. The zero-order valence-electron chi connectivity index (χ0n) is 11.8. The van der Waals surface area contributed by atoms with Crippen molar-refractivity contribution in [2.45, 2.75) is 31.7 Å². The van der Waals surface area contributed by atoms with Crippen molar-refractivity contribution in [3.63, 3.8) is 0 Å². The second-order valence-corrected chi connectivity index (χ2v) is 5.35. The number of benzene rings is 1. The molecule has 0 aliphatic heterocycles. The first-order valence-electron chi connectivity index (χ1n) is 6.38. The molecule has 1 heterocycles. The van der Waals surface area contributed by atoms with Crippen molar-refractivity contribution in [3.05, 3.63) is 41.5 Å². The number of hydrogen-bond donors (Lipinski definition) is 2. The Labute approximate surface area is 117 Å². The molecule has 0 spiro atoms. The highest BCUT2D eigenvalue weighted by Gasteiger charge is 2.31. The number of halogens is 1. The summed E-state index contributed by atoms with van der Waals surface area (Å²) in [6.07, 6.45) is 0.536. The fraction of sp³-hybridized carbons (Fsp3) is 0.462. The quantitative estimate of drug-likeness (QED) is 0.621. The monoisotopic (exact) mass is 278 g/mol. The molecule has 0 aliphatic rings. The van der Waals surface area contributed by atoms with Gasteiger partial charge in [-0.1, -0.05) is 26.0 Å². The summed E-state index contributed by atoms with van der Waals surface area (Å²) >= 11 is 0. The lowest BCUT2D eigenvalue weighted by atomic mass is 9.76. The number of tetrazole rings is 1. The summed E-state index contributed by atoms with van der Waals surface area (Å²) in [4.78, 5) is 1.41. The number of hydrogen-bond acceptors (Lipinski definition) is 5. The van der Waals surface area contributed by atoms with Gasteiger partial charge in [-0.3, -0.25) is 11.3 Å². The Morgan fingerprint density at radius 3 is 2.50 bits per heavy atom. The van der Waals surface area contributed by atoms with Gasteiger partial charge in [-0.2, -0.15) is 4.80 Å². The molecule has 1 aromatic carbocycles. The van der Waals surface area contributed by atoms with Crippen molar-refractivity contribution < 1.29 is 4.39 Å². The maximum Gasteiger partial charge on any atom is 0.176 e. The van der Waals surface area contributed by atoms with Gasteiger partial charge in [-0.05, 0) is 22.9 Å². The predicted octanol–water partition coefficient (Wildman–Crippen LogP) is 0.701. The van der Waals surface area contributed by atoms with Gasteiger partial charge in [0.15, 0.2) is 5.82 Å². The SMILES string of the molecule is Cn1nnc(CC(NN)C(C)(C)c2ccc(F)cc2)n1.